The first kappa shape index (κ1) is 8.76. The van der Waals surface area contributed by atoms with Gasteiger partial charge in [-0.1, -0.05) is 27.7 Å². The first-order valence-corrected chi connectivity index (χ1v) is 4.57. The minimum Gasteiger partial charge on any atom is -0.299 e. The van der Waals surface area contributed by atoms with Gasteiger partial charge >= 0.3 is 0 Å². The predicted molar refractivity (Wildman–Crippen MR) is 46.3 cm³/mol. The Bertz CT molecular complexity index is 162. The standard InChI is InChI=1S/C10H18O/c1-6-5-7(2)10(11)9(4)8(6)3/h6-9H,5H2,1-4H3. The number of rotatable bonds is 0. The third-order valence-electron chi connectivity index (χ3n) is 3.35. The molecule has 11 heavy (non-hydrogen) atoms. The van der Waals surface area contributed by atoms with Crippen molar-refractivity contribution in [2.75, 3.05) is 0 Å². The van der Waals surface area contributed by atoms with E-state index in [0.29, 0.717) is 17.6 Å². The van der Waals surface area contributed by atoms with Crippen LogP contribution in [0.15, 0.2) is 0 Å². The fraction of sp³-hybridized carbons (Fsp3) is 0.900. The average Bonchev–Trinajstić information content (AvgIpc) is 1.97. The zero-order chi connectivity index (χ0) is 8.59. The summed E-state index contributed by atoms with van der Waals surface area (Å²) in [5, 5.41) is 0. The fourth-order valence-electron chi connectivity index (χ4n) is 2.09. The minimum atomic E-state index is 0.286. The van der Waals surface area contributed by atoms with E-state index < -0.39 is 0 Å². The SMILES string of the molecule is CC1CC(C)C(C)C(C)C1=O. The minimum absolute atomic E-state index is 0.286. The van der Waals surface area contributed by atoms with Crippen LogP contribution in [-0.4, -0.2) is 5.78 Å². The highest BCUT2D eigenvalue weighted by molar-refractivity contribution is 5.83. The molecule has 1 fully saturated rings. The van der Waals surface area contributed by atoms with Gasteiger partial charge in [-0.15, -0.1) is 0 Å². The fourth-order valence-corrected chi connectivity index (χ4v) is 2.09. The summed E-state index contributed by atoms with van der Waals surface area (Å²) in [6.07, 6.45) is 1.09. The first-order valence-electron chi connectivity index (χ1n) is 4.57. The summed E-state index contributed by atoms with van der Waals surface area (Å²) in [6, 6.07) is 0. The van der Waals surface area contributed by atoms with Gasteiger partial charge in [-0.3, -0.25) is 4.79 Å². The lowest BCUT2D eigenvalue weighted by Crippen LogP contribution is -2.35. The van der Waals surface area contributed by atoms with E-state index in [1.807, 2.05) is 0 Å². The summed E-state index contributed by atoms with van der Waals surface area (Å²) in [5.41, 5.74) is 0. The first-order chi connectivity index (χ1) is 5.04. The summed E-state index contributed by atoms with van der Waals surface area (Å²) >= 11 is 0. The maximum absolute atomic E-state index is 11.5. The molecule has 0 amide bonds. The van der Waals surface area contributed by atoms with Crippen molar-refractivity contribution in [3.8, 4) is 0 Å². The molecule has 0 aromatic rings. The molecular formula is C10H18O. The van der Waals surface area contributed by atoms with Gasteiger partial charge in [-0.2, -0.15) is 0 Å². The molecule has 0 spiro atoms. The van der Waals surface area contributed by atoms with Gasteiger partial charge in [-0.05, 0) is 18.3 Å². The molecule has 1 aliphatic rings. The average molecular weight is 154 g/mol. The van der Waals surface area contributed by atoms with Gasteiger partial charge < -0.3 is 0 Å². The van der Waals surface area contributed by atoms with E-state index in [0.717, 1.165) is 12.3 Å². The van der Waals surface area contributed by atoms with Crippen LogP contribution < -0.4 is 0 Å². The Morgan fingerprint density at radius 3 is 2.27 bits per heavy atom. The highest BCUT2D eigenvalue weighted by Crippen LogP contribution is 2.34. The topological polar surface area (TPSA) is 17.1 Å². The zero-order valence-corrected chi connectivity index (χ0v) is 7.92. The van der Waals surface area contributed by atoms with Gasteiger partial charge in [0.25, 0.3) is 0 Å². The van der Waals surface area contributed by atoms with Crippen LogP contribution in [-0.2, 0) is 4.79 Å². The van der Waals surface area contributed by atoms with Crippen molar-refractivity contribution in [3.63, 3.8) is 0 Å². The molecule has 4 atom stereocenters. The molecule has 0 radical (unpaired) electrons. The van der Waals surface area contributed by atoms with E-state index in [2.05, 4.69) is 27.7 Å². The molecule has 1 saturated carbocycles. The summed E-state index contributed by atoms with van der Waals surface area (Å²) in [7, 11) is 0. The molecule has 0 saturated heterocycles. The van der Waals surface area contributed by atoms with Crippen LogP contribution in [0.25, 0.3) is 0 Å². The molecule has 4 unspecified atom stereocenters. The van der Waals surface area contributed by atoms with Crippen LogP contribution in [0.1, 0.15) is 34.1 Å². The number of Topliss-reactive ketones (excluding diaryl/α,β-unsaturated/α-hetero) is 1. The zero-order valence-electron chi connectivity index (χ0n) is 7.92. The van der Waals surface area contributed by atoms with Crippen LogP contribution >= 0.6 is 0 Å². The van der Waals surface area contributed by atoms with E-state index >= 15 is 0 Å². The Hall–Kier alpha value is -0.330. The number of hydrogen-bond acceptors (Lipinski definition) is 1. The molecule has 64 valence electrons. The van der Waals surface area contributed by atoms with Crippen molar-refractivity contribution in [3.05, 3.63) is 0 Å². The normalized spacial score (nSPS) is 46.0. The third kappa shape index (κ3) is 1.47. The smallest absolute Gasteiger partial charge is 0.138 e. The molecule has 0 bridgehead atoms. The third-order valence-corrected chi connectivity index (χ3v) is 3.35. The molecule has 0 aliphatic heterocycles. The number of ketones is 1. The van der Waals surface area contributed by atoms with Crippen molar-refractivity contribution in [1.82, 2.24) is 0 Å². The monoisotopic (exact) mass is 154 g/mol. The van der Waals surface area contributed by atoms with Gasteiger partial charge in [0.2, 0.25) is 0 Å². The van der Waals surface area contributed by atoms with Crippen molar-refractivity contribution in [2.45, 2.75) is 34.1 Å². The highest BCUT2D eigenvalue weighted by Gasteiger charge is 2.34. The lowest BCUT2D eigenvalue weighted by Gasteiger charge is -2.34. The molecule has 1 rings (SSSR count). The predicted octanol–water partition coefficient (Wildman–Crippen LogP) is 2.50. The van der Waals surface area contributed by atoms with E-state index in [1.54, 1.807) is 0 Å². The molecule has 1 nitrogen and oxygen atoms in total. The van der Waals surface area contributed by atoms with Crippen molar-refractivity contribution in [2.24, 2.45) is 23.7 Å². The van der Waals surface area contributed by atoms with Crippen molar-refractivity contribution < 1.29 is 4.79 Å². The Labute approximate surface area is 69.2 Å². The van der Waals surface area contributed by atoms with E-state index in [-0.39, 0.29) is 5.92 Å². The van der Waals surface area contributed by atoms with Crippen molar-refractivity contribution >= 4 is 5.78 Å². The quantitative estimate of drug-likeness (QED) is 0.524. The maximum Gasteiger partial charge on any atom is 0.138 e. The van der Waals surface area contributed by atoms with Gasteiger partial charge in [0, 0.05) is 11.8 Å². The lowest BCUT2D eigenvalue weighted by molar-refractivity contribution is -0.131. The number of carbonyl (C=O) groups excluding carboxylic acids is 1. The van der Waals surface area contributed by atoms with E-state index in [4.69, 9.17) is 0 Å². The molecule has 0 aromatic heterocycles. The number of hydrogen-bond donors (Lipinski definition) is 0. The summed E-state index contributed by atoms with van der Waals surface area (Å²) in [6.45, 7) is 8.57. The van der Waals surface area contributed by atoms with Crippen molar-refractivity contribution in [1.29, 1.82) is 0 Å². The molecule has 0 heterocycles. The Morgan fingerprint density at radius 2 is 1.73 bits per heavy atom. The van der Waals surface area contributed by atoms with Crippen LogP contribution in [0.2, 0.25) is 0 Å². The molecule has 0 aromatic carbocycles. The van der Waals surface area contributed by atoms with Crippen LogP contribution in [0.5, 0.6) is 0 Å². The van der Waals surface area contributed by atoms with E-state index in [1.165, 1.54) is 0 Å². The maximum atomic E-state index is 11.5. The lowest BCUT2D eigenvalue weighted by atomic mass is 9.70. The highest BCUT2D eigenvalue weighted by atomic mass is 16.1. The summed E-state index contributed by atoms with van der Waals surface area (Å²) < 4.78 is 0. The molecular weight excluding hydrogens is 136 g/mol. The van der Waals surface area contributed by atoms with Crippen LogP contribution in [0.4, 0.5) is 0 Å². The Morgan fingerprint density at radius 1 is 1.18 bits per heavy atom. The second kappa shape index (κ2) is 2.96. The molecule has 0 N–H and O–H groups in total. The second-order valence-electron chi connectivity index (χ2n) is 4.16. The summed E-state index contributed by atoms with van der Waals surface area (Å²) in [5.74, 6) is 2.36. The van der Waals surface area contributed by atoms with Crippen LogP contribution in [0.3, 0.4) is 0 Å². The van der Waals surface area contributed by atoms with Gasteiger partial charge in [-0.25, -0.2) is 0 Å². The largest absolute Gasteiger partial charge is 0.299 e. The van der Waals surface area contributed by atoms with Gasteiger partial charge in [0.05, 0.1) is 0 Å². The molecule has 1 aliphatic carbocycles. The second-order valence-corrected chi connectivity index (χ2v) is 4.16. The van der Waals surface area contributed by atoms with Gasteiger partial charge in [0.1, 0.15) is 5.78 Å². The van der Waals surface area contributed by atoms with Crippen LogP contribution in [0, 0.1) is 23.7 Å². The van der Waals surface area contributed by atoms with E-state index in [9.17, 15) is 4.79 Å². The number of carbonyl (C=O) groups is 1. The summed E-state index contributed by atoms with van der Waals surface area (Å²) in [4.78, 5) is 11.5. The Kier molecular flexibility index (Phi) is 2.36. The molecule has 1 heteroatoms. The van der Waals surface area contributed by atoms with Gasteiger partial charge in [0.15, 0.2) is 0 Å². The Balaban J connectivity index is 2.70.